The molecule has 0 aromatic rings. The Morgan fingerprint density at radius 1 is 1.35 bits per heavy atom. The van der Waals surface area contributed by atoms with Gasteiger partial charge in [0.1, 0.15) is 0 Å². The first-order valence-electron chi connectivity index (χ1n) is 6.40. The van der Waals surface area contributed by atoms with Crippen molar-refractivity contribution >= 4 is 6.03 Å². The van der Waals surface area contributed by atoms with Crippen molar-refractivity contribution in [1.82, 2.24) is 10.2 Å². The normalized spacial score (nSPS) is 11.7. The highest BCUT2D eigenvalue weighted by Gasteiger charge is 2.20. The molecule has 0 fully saturated rings. The zero-order valence-corrected chi connectivity index (χ0v) is 11.9. The molecule has 0 rings (SSSR count). The molecule has 0 aliphatic carbocycles. The van der Waals surface area contributed by atoms with E-state index >= 15 is 0 Å². The van der Waals surface area contributed by atoms with Crippen molar-refractivity contribution in [2.24, 2.45) is 11.3 Å². The molecule has 0 saturated carbocycles. The van der Waals surface area contributed by atoms with Crippen molar-refractivity contribution in [3.05, 3.63) is 0 Å². The standard InChI is InChI=1S/C13H28N2O2/c1-11(2)9-14-12(17)15(7-6-8-16)10-13(3,4)5/h11,16H,6-10H2,1-5H3,(H,14,17). The molecule has 0 spiro atoms. The van der Waals surface area contributed by atoms with Crippen molar-refractivity contribution in [2.75, 3.05) is 26.2 Å². The van der Waals surface area contributed by atoms with Crippen LogP contribution < -0.4 is 5.32 Å². The lowest BCUT2D eigenvalue weighted by molar-refractivity contribution is 0.164. The molecule has 0 heterocycles. The Morgan fingerprint density at radius 2 is 1.94 bits per heavy atom. The van der Waals surface area contributed by atoms with Crippen LogP contribution in [-0.4, -0.2) is 42.3 Å². The van der Waals surface area contributed by atoms with Crippen LogP contribution in [0.2, 0.25) is 0 Å². The first-order valence-corrected chi connectivity index (χ1v) is 6.40. The second-order valence-corrected chi connectivity index (χ2v) is 6.14. The summed E-state index contributed by atoms with van der Waals surface area (Å²) < 4.78 is 0. The van der Waals surface area contributed by atoms with E-state index in [-0.39, 0.29) is 18.1 Å². The third-order valence-corrected chi connectivity index (χ3v) is 2.20. The molecule has 102 valence electrons. The molecule has 0 radical (unpaired) electrons. The Labute approximate surface area is 105 Å². The van der Waals surface area contributed by atoms with Gasteiger partial charge in [-0.05, 0) is 17.8 Å². The summed E-state index contributed by atoms with van der Waals surface area (Å²) in [6.45, 7) is 12.6. The van der Waals surface area contributed by atoms with Gasteiger partial charge in [0.05, 0.1) is 0 Å². The van der Waals surface area contributed by atoms with Crippen molar-refractivity contribution < 1.29 is 9.90 Å². The predicted molar refractivity (Wildman–Crippen MR) is 71.0 cm³/mol. The monoisotopic (exact) mass is 244 g/mol. The Balaban J connectivity index is 4.29. The number of nitrogens with one attached hydrogen (secondary N) is 1. The first-order chi connectivity index (χ1) is 7.76. The third-order valence-electron chi connectivity index (χ3n) is 2.20. The van der Waals surface area contributed by atoms with Crippen LogP contribution in [0.4, 0.5) is 4.79 Å². The Bertz CT molecular complexity index is 222. The highest BCUT2D eigenvalue weighted by molar-refractivity contribution is 5.74. The molecule has 0 atom stereocenters. The fourth-order valence-corrected chi connectivity index (χ4v) is 1.49. The van der Waals surface area contributed by atoms with Gasteiger partial charge in [-0.2, -0.15) is 0 Å². The van der Waals surface area contributed by atoms with Crippen LogP contribution in [0, 0.1) is 11.3 Å². The Morgan fingerprint density at radius 3 is 2.35 bits per heavy atom. The van der Waals surface area contributed by atoms with Crippen LogP contribution in [0.5, 0.6) is 0 Å². The van der Waals surface area contributed by atoms with Gasteiger partial charge in [-0.15, -0.1) is 0 Å². The van der Waals surface area contributed by atoms with Gasteiger partial charge in [0, 0.05) is 26.2 Å². The molecule has 0 unspecified atom stereocenters. The van der Waals surface area contributed by atoms with Crippen LogP contribution in [0.15, 0.2) is 0 Å². The van der Waals surface area contributed by atoms with Crippen LogP contribution in [0.25, 0.3) is 0 Å². The highest BCUT2D eigenvalue weighted by Crippen LogP contribution is 2.15. The number of aliphatic hydroxyl groups is 1. The first kappa shape index (κ1) is 16.2. The average molecular weight is 244 g/mol. The van der Waals surface area contributed by atoms with Gasteiger partial charge in [0.2, 0.25) is 0 Å². The van der Waals surface area contributed by atoms with Crippen LogP contribution in [0.1, 0.15) is 41.0 Å². The summed E-state index contributed by atoms with van der Waals surface area (Å²) in [5.41, 5.74) is 0.0740. The number of rotatable bonds is 6. The zero-order chi connectivity index (χ0) is 13.5. The third kappa shape index (κ3) is 8.98. The van der Waals surface area contributed by atoms with E-state index in [2.05, 4.69) is 39.9 Å². The number of amides is 2. The largest absolute Gasteiger partial charge is 0.396 e. The van der Waals surface area contributed by atoms with Crippen LogP contribution in [0.3, 0.4) is 0 Å². The second-order valence-electron chi connectivity index (χ2n) is 6.14. The van der Waals surface area contributed by atoms with Crippen LogP contribution in [-0.2, 0) is 0 Å². The molecule has 4 heteroatoms. The minimum Gasteiger partial charge on any atom is -0.396 e. The van der Waals surface area contributed by atoms with E-state index in [0.717, 1.165) is 0 Å². The lowest BCUT2D eigenvalue weighted by Gasteiger charge is -2.30. The molecular formula is C13H28N2O2. The molecule has 0 aromatic heterocycles. The summed E-state index contributed by atoms with van der Waals surface area (Å²) in [5.74, 6) is 0.452. The number of aliphatic hydroxyl groups excluding tert-OH is 1. The summed E-state index contributed by atoms with van der Waals surface area (Å²) in [5, 5.41) is 11.8. The highest BCUT2D eigenvalue weighted by atomic mass is 16.3. The fourth-order valence-electron chi connectivity index (χ4n) is 1.49. The van der Waals surface area contributed by atoms with Gasteiger partial charge in [-0.1, -0.05) is 34.6 Å². The van der Waals surface area contributed by atoms with Crippen molar-refractivity contribution in [1.29, 1.82) is 0 Å². The van der Waals surface area contributed by atoms with Crippen molar-refractivity contribution in [3.8, 4) is 0 Å². The maximum absolute atomic E-state index is 12.0. The average Bonchev–Trinajstić information content (AvgIpc) is 2.19. The molecule has 2 N–H and O–H groups in total. The molecule has 2 amide bonds. The maximum Gasteiger partial charge on any atom is 0.317 e. The summed E-state index contributed by atoms with van der Waals surface area (Å²) in [4.78, 5) is 13.8. The zero-order valence-electron chi connectivity index (χ0n) is 11.9. The van der Waals surface area contributed by atoms with Gasteiger partial charge >= 0.3 is 6.03 Å². The summed E-state index contributed by atoms with van der Waals surface area (Å²) in [6, 6.07) is -0.0259. The molecular weight excluding hydrogens is 216 g/mol. The van der Waals surface area contributed by atoms with E-state index in [0.29, 0.717) is 32.0 Å². The number of carbonyl (C=O) groups excluding carboxylic acids is 1. The number of nitrogens with zero attached hydrogens (tertiary/aromatic N) is 1. The number of urea groups is 1. The lowest BCUT2D eigenvalue weighted by atomic mass is 9.96. The van der Waals surface area contributed by atoms with E-state index in [1.807, 2.05) is 0 Å². The topological polar surface area (TPSA) is 52.6 Å². The Kier molecular flexibility index (Phi) is 7.19. The maximum atomic E-state index is 12.0. The second kappa shape index (κ2) is 7.54. The molecule has 0 aliphatic rings. The molecule has 0 saturated heterocycles. The minimum atomic E-state index is -0.0259. The van der Waals surface area contributed by atoms with E-state index in [9.17, 15) is 4.79 Å². The van der Waals surface area contributed by atoms with Gasteiger partial charge < -0.3 is 15.3 Å². The summed E-state index contributed by atoms with van der Waals surface area (Å²) in [7, 11) is 0. The molecule has 4 nitrogen and oxygen atoms in total. The van der Waals surface area contributed by atoms with Gasteiger partial charge in [0.25, 0.3) is 0 Å². The van der Waals surface area contributed by atoms with E-state index in [1.54, 1.807) is 4.90 Å². The molecule has 17 heavy (non-hydrogen) atoms. The summed E-state index contributed by atoms with van der Waals surface area (Å²) >= 11 is 0. The smallest absolute Gasteiger partial charge is 0.317 e. The van der Waals surface area contributed by atoms with Crippen molar-refractivity contribution in [2.45, 2.75) is 41.0 Å². The molecule has 0 aromatic carbocycles. The number of hydrogen-bond donors (Lipinski definition) is 2. The van der Waals surface area contributed by atoms with E-state index in [1.165, 1.54) is 0 Å². The molecule has 0 aliphatic heterocycles. The SMILES string of the molecule is CC(C)CNC(=O)N(CCCO)CC(C)(C)C. The molecule has 0 bridgehead atoms. The number of hydrogen-bond acceptors (Lipinski definition) is 2. The van der Waals surface area contributed by atoms with Gasteiger partial charge in [0.15, 0.2) is 0 Å². The predicted octanol–water partition coefficient (Wildman–Crippen LogP) is 2.08. The van der Waals surface area contributed by atoms with E-state index in [4.69, 9.17) is 5.11 Å². The van der Waals surface area contributed by atoms with Crippen LogP contribution >= 0.6 is 0 Å². The lowest BCUT2D eigenvalue weighted by Crippen LogP contribution is -2.45. The minimum absolute atomic E-state index is 0.0259. The van der Waals surface area contributed by atoms with E-state index < -0.39 is 0 Å². The summed E-state index contributed by atoms with van der Waals surface area (Å²) in [6.07, 6.45) is 0.630. The fraction of sp³-hybridized carbons (Fsp3) is 0.923. The number of carbonyl (C=O) groups is 1. The quantitative estimate of drug-likeness (QED) is 0.751. The van der Waals surface area contributed by atoms with Gasteiger partial charge in [-0.3, -0.25) is 0 Å². The van der Waals surface area contributed by atoms with Gasteiger partial charge in [-0.25, -0.2) is 4.79 Å². The van der Waals surface area contributed by atoms with Crippen molar-refractivity contribution in [3.63, 3.8) is 0 Å². The Hall–Kier alpha value is -0.770.